The van der Waals surface area contributed by atoms with Crippen molar-refractivity contribution >= 4 is 5.69 Å². The highest BCUT2D eigenvalue weighted by atomic mass is 16.6. The first-order chi connectivity index (χ1) is 7.92. The van der Waals surface area contributed by atoms with Gasteiger partial charge in [0.15, 0.2) is 0 Å². The Labute approximate surface area is 101 Å². The van der Waals surface area contributed by atoms with E-state index >= 15 is 0 Å². The molecule has 5 heteroatoms. The van der Waals surface area contributed by atoms with Crippen LogP contribution in [0, 0.1) is 10.1 Å². The molecule has 0 aliphatic carbocycles. The number of nitro benzene ring substituents is 1. The van der Waals surface area contributed by atoms with Crippen molar-refractivity contribution in [2.24, 2.45) is 5.73 Å². The Morgan fingerprint density at radius 3 is 2.59 bits per heavy atom. The quantitative estimate of drug-likeness (QED) is 0.630. The molecule has 5 nitrogen and oxygen atoms in total. The molecule has 0 radical (unpaired) electrons. The van der Waals surface area contributed by atoms with Gasteiger partial charge in [-0.15, -0.1) is 0 Å². The maximum absolute atomic E-state index is 10.7. The molecule has 2 N–H and O–H groups in total. The second kappa shape index (κ2) is 5.14. The van der Waals surface area contributed by atoms with Crippen LogP contribution >= 0.6 is 0 Å². The number of nitrogens with zero attached hydrogens (tertiary/aromatic N) is 1. The molecule has 0 spiro atoms. The fourth-order valence-corrected chi connectivity index (χ4v) is 1.85. The number of hydrogen-bond acceptors (Lipinski definition) is 4. The van der Waals surface area contributed by atoms with Crippen LogP contribution in [0.2, 0.25) is 0 Å². The van der Waals surface area contributed by atoms with Crippen LogP contribution in [0.4, 0.5) is 5.69 Å². The van der Waals surface area contributed by atoms with Crippen molar-refractivity contribution in [1.29, 1.82) is 0 Å². The smallest absolute Gasteiger partial charge is 0.273 e. The van der Waals surface area contributed by atoms with E-state index in [-0.39, 0.29) is 11.1 Å². The highest BCUT2D eigenvalue weighted by Crippen LogP contribution is 2.36. The van der Waals surface area contributed by atoms with Crippen LogP contribution in [0.5, 0.6) is 5.75 Å². The Hall–Kier alpha value is -1.62. The van der Waals surface area contributed by atoms with Gasteiger partial charge in [0.25, 0.3) is 5.69 Å². The summed E-state index contributed by atoms with van der Waals surface area (Å²) in [5, 5.41) is 10.7. The highest BCUT2D eigenvalue weighted by molar-refractivity contribution is 5.47. The lowest BCUT2D eigenvalue weighted by molar-refractivity contribution is -0.384. The van der Waals surface area contributed by atoms with Gasteiger partial charge in [-0.3, -0.25) is 10.1 Å². The van der Waals surface area contributed by atoms with Crippen LogP contribution < -0.4 is 10.5 Å². The molecule has 0 bridgehead atoms. The highest BCUT2D eigenvalue weighted by Gasteiger charge is 2.25. The van der Waals surface area contributed by atoms with E-state index in [1.165, 1.54) is 19.2 Å². The predicted octanol–water partition coefficient (Wildman–Crippen LogP) is 2.23. The lowest BCUT2D eigenvalue weighted by Crippen LogP contribution is -2.22. The summed E-state index contributed by atoms with van der Waals surface area (Å²) in [7, 11) is 1.51. The van der Waals surface area contributed by atoms with E-state index in [4.69, 9.17) is 10.5 Å². The summed E-state index contributed by atoms with van der Waals surface area (Å²) < 4.78 is 5.22. The zero-order valence-electron chi connectivity index (χ0n) is 10.4. The second-order valence-electron chi connectivity index (χ2n) is 4.56. The monoisotopic (exact) mass is 238 g/mol. The van der Waals surface area contributed by atoms with Crippen molar-refractivity contribution in [2.45, 2.75) is 25.7 Å². The number of ether oxygens (including phenoxy) is 1. The number of methoxy groups -OCH3 is 1. The molecule has 0 aliphatic rings. The standard InChI is InChI=1S/C12H18N2O3/c1-12(2,6-7-13)10-5-4-9(14(15)16)8-11(10)17-3/h4-5,8H,6-7,13H2,1-3H3. The third-order valence-corrected chi connectivity index (χ3v) is 2.89. The molecule has 1 aromatic rings. The van der Waals surface area contributed by atoms with Gasteiger partial charge >= 0.3 is 0 Å². The van der Waals surface area contributed by atoms with Gasteiger partial charge in [0.1, 0.15) is 5.75 Å². The Kier molecular flexibility index (Phi) is 4.07. The second-order valence-corrected chi connectivity index (χ2v) is 4.56. The van der Waals surface area contributed by atoms with Gasteiger partial charge in [0.05, 0.1) is 18.1 Å². The van der Waals surface area contributed by atoms with Crippen LogP contribution in [0.1, 0.15) is 25.8 Å². The van der Waals surface area contributed by atoms with Crippen molar-refractivity contribution in [1.82, 2.24) is 0 Å². The summed E-state index contributed by atoms with van der Waals surface area (Å²) in [6.07, 6.45) is 0.793. The van der Waals surface area contributed by atoms with Gasteiger partial charge in [-0.25, -0.2) is 0 Å². The number of rotatable bonds is 5. The van der Waals surface area contributed by atoms with Crippen molar-refractivity contribution in [3.63, 3.8) is 0 Å². The van der Waals surface area contributed by atoms with E-state index in [1.54, 1.807) is 6.07 Å². The third kappa shape index (κ3) is 2.94. The Morgan fingerprint density at radius 1 is 1.47 bits per heavy atom. The SMILES string of the molecule is COc1cc([N+](=O)[O-])ccc1C(C)(C)CCN. The third-order valence-electron chi connectivity index (χ3n) is 2.89. The van der Waals surface area contributed by atoms with Gasteiger partial charge in [-0.1, -0.05) is 13.8 Å². The minimum Gasteiger partial charge on any atom is -0.496 e. The van der Waals surface area contributed by atoms with Crippen LogP contribution in [0.25, 0.3) is 0 Å². The molecule has 0 fully saturated rings. The van der Waals surface area contributed by atoms with Crippen LogP contribution in [0.3, 0.4) is 0 Å². The van der Waals surface area contributed by atoms with E-state index in [0.29, 0.717) is 12.3 Å². The van der Waals surface area contributed by atoms with E-state index in [2.05, 4.69) is 0 Å². The Morgan fingerprint density at radius 2 is 2.12 bits per heavy atom. The number of benzene rings is 1. The lowest BCUT2D eigenvalue weighted by Gasteiger charge is -2.26. The van der Waals surface area contributed by atoms with E-state index < -0.39 is 4.92 Å². The average Bonchev–Trinajstić information content (AvgIpc) is 2.28. The topological polar surface area (TPSA) is 78.4 Å². The molecule has 0 aromatic heterocycles. The van der Waals surface area contributed by atoms with Crippen molar-refractivity contribution < 1.29 is 9.66 Å². The number of non-ortho nitro benzene ring substituents is 1. The zero-order chi connectivity index (χ0) is 13.1. The lowest BCUT2D eigenvalue weighted by atomic mass is 9.81. The van der Waals surface area contributed by atoms with E-state index in [0.717, 1.165) is 12.0 Å². The summed E-state index contributed by atoms with van der Waals surface area (Å²) in [5.41, 5.74) is 6.39. The molecule has 0 heterocycles. The van der Waals surface area contributed by atoms with Crippen molar-refractivity contribution in [3.8, 4) is 5.75 Å². The Bertz CT molecular complexity index is 416. The average molecular weight is 238 g/mol. The zero-order valence-corrected chi connectivity index (χ0v) is 10.4. The first kappa shape index (κ1) is 13.4. The molecule has 0 atom stereocenters. The van der Waals surface area contributed by atoms with Gasteiger partial charge in [-0.05, 0) is 24.4 Å². The molecule has 0 unspecified atom stereocenters. The summed E-state index contributed by atoms with van der Waals surface area (Å²) in [6, 6.07) is 4.69. The minimum absolute atomic E-state index is 0.0362. The fraction of sp³-hybridized carbons (Fsp3) is 0.500. The summed E-state index contributed by atoms with van der Waals surface area (Å²) in [5.74, 6) is 0.539. The maximum atomic E-state index is 10.7. The van der Waals surface area contributed by atoms with Gasteiger partial charge in [0.2, 0.25) is 0 Å². The molecule has 1 aromatic carbocycles. The number of hydrogen-bond donors (Lipinski definition) is 1. The molecule has 1 rings (SSSR count). The molecule has 17 heavy (non-hydrogen) atoms. The molecule has 94 valence electrons. The molecular formula is C12H18N2O3. The molecule has 0 saturated carbocycles. The van der Waals surface area contributed by atoms with Gasteiger partial charge < -0.3 is 10.5 Å². The predicted molar refractivity (Wildman–Crippen MR) is 66.3 cm³/mol. The van der Waals surface area contributed by atoms with Gasteiger partial charge in [0, 0.05) is 11.6 Å². The molecular weight excluding hydrogens is 220 g/mol. The number of nitrogens with two attached hydrogens (primary N) is 1. The summed E-state index contributed by atoms with van der Waals surface area (Å²) in [4.78, 5) is 10.3. The largest absolute Gasteiger partial charge is 0.496 e. The normalized spacial score (nSPS) is 11.3. The van der Waals surface area contributed by atoms with Gasteiger partial charge in [-0.2, -0.15) is 0 Å². The van der Waals surface area contributed by atoms with E-state index in [1.807, 2.05) is 13.8 Å². The van der Waals surface area contributed by atoms with E-state index in [9.17, 15) is 10.1 Å². The number of nitro groups is 1. The van der Waals surface area contributed by atoms with Crippen LogP contribution in [-0.4, -0.2) is 18.6 Å². The Balaban J connectivity index is 3.21. The first-order valence-corrected chi connectivity index (χ1v) is 5.45. The summed E-state index contributed by atoms with van der Waals surface area (Å²) >= 11 is 0. The van der Waals surface area contributed by atoms with Crippen LogP contribution in [0.15, 0.2) is 18.2 Å². The molecule has 0 saturated heterocycles. The molecule has 0 aliphatic heterocycles. The minimum atomic E-state index is -0.428. The fourth-order valence-electron chi connectivity index (χ4n) is 1.85. The molecule has 0 amide bonds. The van der Waals surface area contributed by atoms with Crippen molar-refractivity contribution in [2.75, 3.05) is 13.7 Å². The first-order valence-electron chi connectivity index (χ1n) is 5.45. The summed E-state index contributed by atoms with van der Waals surface area (Å²) in [6.45, 7) is 4.65. The maximum Gasteiger partial charge on any atom is 0.273 e. The van der Waals surface area contributed by atoms with Crippen LogP contribution in [-0.2, 0) is 5.41 Å². The van der Waals surface area contributed by atoms with Crippen molar-refractivity contribution in [3.05, 3.63) is 33.9 Å².